The molecule has 0 heterocycles. The normalized spacial score (nSPS) is 13.2. The van der Waals surface area contributed by atoms with Crippen molar-refractivity contribution in [2.75, 3.05) is 11.5 Å². The van der Waals surface area contributed by atoms with E-state index in [1.165, 1.54) is 18.2 Å². The second-order valence-corrected chi connectivity index (χ2v) is 7.47. The first kappa shape index (κ1) is 17.0. The molecule has 0 aliphatic rings. The monoisotopic (exact) mass is 317 g/mol. The number of hydrogen-bond donors (Lipinski definition) is 2. The largest absolute Gasteiger partial charge is 0.478 e. The third-order valence-corrected chi connectivity index (χ3v) is 5.53. The van der Waals surface area contributed by atoms with Crippen molar-refractivity contribution in [3.05, 3.63) is 29.3 Å². The highest BCUT2D eigenvalue weighted by Gasteiger charge is 2.21. The Morgan fingerprint density at radius 3 is 2.65 bits per heavy atom. The molecule has 0 aliphatic heterocycles. The summed E-state index contributed by atoms with van der Waals surface area (Å²) in [6.45, 7) is 5.44. The molecular formula is C13H19NO4S2. The van der Waals surface area contributed by atoms with Crippen molar-refractivity contribution in [2.24, 2.45) is 0 Å². The van der Waals surface area contributed by atoms with Gasteiger partial charge in [0.25, 0.3) is 0 Å². The summed E-state index contributed by atoms with van der Waals surface area (Å²) in [6.07, 6.45) is 0. The molecule has 5 nitrogen and oxygen atoms in total. The van der Waals surface area contributed by atoms with Gasteiger partial charge in [-0.25, -0.2) is 17.9 Å². The number of carboxylic acids is 1. The average molecular weight is 317 g/mol. The molecule has 2 N–H and O–H groups in total. The molecule has 7 heteroatoms. The average Bonchev–Trinajstić information content (AvgIpc) is 2.35. The SMILES string of the molecule is CCSCC(C)NS(=O)(=O)c1cc(C(=O)O)ccc1C. The van der Waals surface area contributed by atoms with E-state index in [1.807, 2.05) is 6.92 Å². The molecule has 0 saturated heterocycles. The molecule has 1 aromatic rings. The Bertz CT molecular complexity index is 584. The molecule has 20 heavy (non-hydrogen) atoms. The van der Waals surface area contributed by atoms with E-state index in [0.29, 0.717) is 11.3 Å². The van der Waals surface area contributed by atoms with E-state index < -0.39 is 16.0 Å². The molecule has 1 atom stereocenters. The van der Waals surface area contributed by atoms with Crippen LogP contribution in [0.1, 0.15) is 29.8 Å². The van der Waals surface area contributed by atoms with Crippen LogP contribution in [0, 0.1) is 6.92 Å². The van der Waals surface area contributed by atoms with Crippen LogP contribution in [0.25, 0.3) is 0 Å². The predicted molar refractivity (Wildman–Crippen MR) is 80.9 cm³/mol. The van der Waals surface area contributed by atoms with Crippen molar-refractivity contribution < 1.29 is 18.3 Å². The maximum absolute atomic E-state index is 12.3. The molecule has 0 aliphatic carbocycles. The standard InChI is InChI=1S/C13H19NO4S2/c1-4-19-8-10(3)14-20(17,18)12-7-11(13(15)16)6-5-9(12)2/h5-7,10,14H,4,8H2,1-3H3,(H,15,16). The van der Waals surface area contributed by atoms with E-state index >= 15 is 0 Å². The van der Waals surface area contributed by atoms with Crippen LogP contribution in [0.5, 0.6) is 0 Å². The predicted octanol–water partition coefficient (Wildman–Crippen LogP) is 2.11. The molecule has 1 unspecified atom stereocenters. The van der Waals surface area contributed by atoms with Crippen LogP contribution in [-0.2, 0) is 10.0 Å². The highest BCUT2D eigenvalue weighted by molar-refractivity contribution is 7.99. The number of aryl methyl sites for hydroxylation is 1. The van der Waals surface area contributed by atoms with Crippen molar-refractivity contribution in [2.45, 2.75) is 31.7 Å². The lowest BCUT2D eigenvalue weighted by Gasteiger charge is -2.15. The van der Waals surface area contributed by atoms with E-state index in [0.717, 1.165) is 5.75 Å². The minimum atomic E-state index is -3.70. The van der Waals surface area contributed by atoms with Crippen molar-refractivity contribution in [1.82, 2.24) is 4.72 Å². The first-order valence-electron chi connectivity index (χ1n) is 6.22. The molecule has 0 spiro atoms. The Morgan fingerprint density at radius 2 is 2.10 bits per heavy atom. The first-order valence-corrected chi connectivity index (χ1v) is 8.85. The Labute approximate surface area is 123 Å². The lowest BCUT2D eigenvalue weighted by Crippen LogP contribution is -2.34. The van der Waals surface area contributed by atoms with Crippen LogP contribution in [0.2, 0.25) is 0 Å². The van der Waals surface area contributed by atoms with E-state index in [4.69, 9.17) is 5.11 Å². The van der Waals surface area contributed by atoms with Gasteiger partial charge < -0.3 is 5.11 Å². The first-order chi connectivity index (χ1) is 9.27. The lowest BCUT2D eigenvalue weighted by atomic mass is 10.1. The molecule has 0 fully saturated rings. The minimum absolute atomic E-state index is 0.0192. The Balaban J connectivity index is 3.03. The zero-order valence-corrected chi connectivity index (χ0v) is 13.3. The van der Waals surface area contributed by atoms with Crippen molar-refractivity contribution >= 4 is 27.8 Å². The Hall–Kier alpha value is -1.05. The van der Waals surface area contributed by atoms with Crippen LogP contribution >= 0.6 is 11.8 Å². The zero-order valence-electron chi connectivity index (χ0n) is 11.7. The van der Waals surface area contributed by atoms with Crippen LogP contribution in [-0.4, -0.2) is 37.0 Å². The van der Waals surface area contributed by atoms with E-state index in [-0.39, 0.29) is 16.5 Å². The second-order valence-electron chi connectivity index (χ2n) is 4.47. The zero-order chi connectivity index (χ0) is 15.3. The van der Waals surface area contributed by atoms with Gasteiger partial charge in [-0.1, -0.05) is 13.0 Å². The number of hydrogen-bond acceptors (Lipinski definition) is 4. The van der Waals surface area contributed by atoms with Gasteiger partial charge in [0.2, 0.25) is 10.0 Å². The van der Waals surface area contributed by atoms with Crippen molar-refractivity contribution in [3.8, 4) is 0 Å². The fourth-order valence-electron chi connectivity index (χ4n) is 1.68. The van der Waals surface area contributed by atoms with Gasteiger partial charge in [-0.05, 0) is 37.3 Å². The summed E-state index contributed by atoms with van der Waals surface area (Å²) in [5, 5.41) is 8.95. The fraction of sp³-hybridized carbons (Fsp3) is 0.462. The smallest absolute Gasteiger partial charge is 0.335 e. The molecule has 0 bridgehead atoms. The Morgan fingerprint density at radius 1 is 1.45 bits per heavy atom. The van der Waals surface area contributed by atoms with E-state index in [2.05, 4.69) is 4.72 Å². The summed E-state index contributed by atoms with van der Waals surface area (Å²) in [6, 6.07) is 3.88. The third-order valence-electron chi connectivity index (χ3n) is 2.65. The maximum atomic E-state index is 12.3. The molecule has 0 amide bonds. The minimum Gasteiger partial charge on any atom is -0.478 e. The molecule has 0 aromatic heterocycles. The van der Waals surface area contributed by atoms with Crippen LogP contribution in [0.3, 0.4) is 0 Å². The summed E-state index contributed by atoms with van der Waals surface area (Å²) in [5.74, 6) is 0.448. The number of carbonyl (C=O) groups is 1. The number of sulfonamides is 1. The number of thioether (sulfide) groups is 1. The highest BCUT2D eigenvalue weighted by atomic mass is 32.2. The maximum Gasteiger partial charge on any atom is 0.335 e. The quantitative estimate of drug-likeness (QED) is 0.805. The van der Waals surface area contributed by atoms with Crippen molar-refractivity contribution in [3.63, 3.8) is 0 Å². The molecule has 0 saturated carbocycles. The number of carboxylic acid groups (broad SMARTS) is 1. The van der Waals surface area contributed by atoms with Gasteiger partial charge in [-0.2, -0.15) is 11.8 Å². The molecule has 0 radical (unpaired) electrons. The third kappa shape index (κ3) is 4.50. The van der Waals surface area contributed by atoms with Crippen LogP contribution < -0.4 is 4.72 Å². The second kappa shape index (κ2) is 7.10. The number of nitrogens with one attached hydrogen (secondary N) is 1. The van der Waals surface area contributed by atoms with Crippen LogP contribution in [0.4, 0.5) is 0 Å². The Kier molecular flexibility index (Phi) is 6.04. The van der Waals surface area contributed by atoms with E-state index in [9.17, 15) is 13.2 Å². The summed E-state index contributed by atoms with van der Waals surface area (Å²) in [7, 11) is -3.70. The van der Waals surface area contributed by atoms with Gasteiger partial charge in [0.1, 0.15) is 0 Å². The molecule has 112 valence electrons. The van der Waals surface area contributed by atoms with Crippen molar-refractivity contribution in [1.29, 1.82) is 0 Å². The van der Waals surface area contributed by atoms with Gasteiger partial charge in [0.05, 0.1) is 10.5 Å². The summed E-state index contributed by atoms with van der Waals surface area (Å²) in [4.78, 5) is 11.0. The summed E-state index contributed by atoms with van der Waals surface area (Å²) < 4.78 is 27.1. The topological polar surface area (TPSA) is 83.5 Å². The number of aromatic carboxylic acids is 1. The molecule has 1 aromatic carbocycles. The number of rotatable bonds is 7. The summed E-state index contributed by atoms with van der Waals surface area (Å²) >= 11 is 1.64. The van der Waals surface area contributed by atoms with Gasteiger partial charge in [-0.3, -0.25) is 0 Å². The van der Waals surface area contributed by atoms with Crippen LogP contribution in [0.15, 0.2) is 23.1 Å². The molecular weight excluding hydrogens is 298 g/mol. The number of benzene rings is 1. The van der Waals surface area contributed by atoms with Gasteiger partial charge >= 0.3 is 5.97 Å². The fourth-order valence-corrected chi connectivity index (χ4v) is 3.97. The lowest BCUT2D eigenvalue weighted by molar-refractivity contribution is 0.0696. The highest BCUT2D eigenvalue weighted by Crippen LogP contribution is 2.18. The van der Waals surface area contributed by atoms with E-state index in [1.54, 1.807) is 25.6 Å². The van der Waals surface area contributed by atoms with Gasteiger partial charge in [0, 0.05) is 11.8 Å². The van der Waals surface area contributed by atoms with Gasteiger partial charge in [0.15, 0.2) is 0 Å². The summed E-state index contributed by atoms with van der Waals surface area (Å²) in [5.41, 5.74) is 0.490. The molecule has 1 rings (SSSR count). The van der Waals surface area contributed by atoms with Gasteiger partial charge in [-0.15, -0.1) is 0 Å².